The fourth-order valence-corrected chi connectivity index (χ4v) is 5.08. The molecule has 6 nitrogen and oxygen atoms in total. The van der Waals surface area contributed by atoms with Gasteiger partial charge in [0.2, 0.25) is 5.91 Å². The van der Waals surface area contributed by atoms with Gasteiger partial charge in [0.25, 0.3) is 5.91 Å². The van der Waals surface area contributed by atoms with Crippen LogP contribution in [0.5, 0.6) is 11.5 Å². The summed E-state index contributed by atoms with van der Waals surface area (Å²) in [4.78, 5) is 28.4. The lowest BCUT2D eigenvalue weighted by Gasteiger charge is -2.32. The number of nitrogens with zero attached hydrogens (tertiary/aromatic N) is 1. The van der Waals surface area contributed by atoms with E-state index < -0.39 is 6.04 Å². The molecule has 7 heteroatoms. The lowest BCUT2D eigenvalue weighted by Crippen LogP contribution is -2.52. The highest BCUT2D eigenvalue weighted by Gasteiger charge is 2.30. The van der Waals surface area contributed by atoms with Crippen molar-refractivity contribution in [3.05, 3.63) is 58.1 Å². The maximum absolute atomic E-state index is 13.5. The summed E-state index contributed by atoms with van der Waals surface area (Å²) < 4.78 is 12.1. The largest absolute Gasteiger partial charge is 0.497 e. The van der Waals surface area contributed by atoms with Crippen molar-refractivity contribution in [3.63, 3.8) is 0 Å². The van der Waals surface area contributed by atoms with Crippen LogP contribution < -0.4 is 14.8 Å². The average Bonchev–Trinajstić information content (AvgIpc) is 2.88. The third-order valence-corrected chi connectivity index (χ3v) is 7.20. The molecule has 3 rings (SSSR count). The van der Waals surface area contributed by atoms with Gasteiger partial charge in [0, 0.05) is 12.6 Å². The first-order chi connectivity index (χ1) is 16.9. The lowest BCUT2D eigenvalue weighted by atomic mass is 9.95. The predicted octanol–water partition coefficient (Wildman–Crippen LogP) is 5.66. The molecule has 2 aromatic rings. The molecule has 2 amide bonds. The average molecular weight is 546 g/mol. The first kappa shape index (κ1) is 27.1. The summed E-state index contributed by atoms with van der Waals surface area (Å²) in [5.74, 6) is 0.997. The van der Waals surface area contributed by atoms with Crippen LogP contribution in [0.1, 0.15) is 63.5 Å². The Morgan fingerprint density at radius 1 is 1.09 bits per heavy atom. The van der Waals surface area contributed by atoms with Crippen LogP contribution in [0.15, 0.2) is 46.9 Å². The SMILES string of the molecule is CCc1ccc(OCC(=O)N(Cc2cccc(OC)c2)[C@@H](CC)C(=O)NC2CCCCC2)c(Br)c1. The quantitative estimate of drug-likeness (QED) is 0.396. The number of carbonyl (C=O) groups excluding carboxylic acids is 2. The first-order valence-corrected chi connectivity index (χ1v) is 13.4. The van der Waals surface area contributed by atoms with Crippen molar-refractivity contribution in [3.8, 4) is 11.5 Å². The number of hydrogen-bond donors (Lipinski definition) is 1. The maximum Gasteiger partial charge on any atom is 0.261 e. The van der Waals surface area contributed by atoms with Gasteiger partial charge in [-0.2, -0.15) is 0 Å². The summed E-state index contributed by atoms with van der Waals surface area (Å²) in [7, 11) is 1.62. The minimum absolute atomic E-state index is 0.0934. The number of nitrogens with one attached hydrogen (secondary N) is 1. The van der Waals surface area contributed by atoms with Gasteiger partial charge in [-0.1, -0.05) is 51.3 Å². The Morgan fingerprint density at radius 2 is 1.86 bits per heavy atom. The summed E-state index contributed by atoms with van der Waals surface area (Å²) in [6.07, 6.45) is 6.91. The molecule has 1 atom stereocenters. The molecule has 0 aliphatic heterocycles. The van der Waals surface area contributed by atoms with Crippen molar-refractivity contribution < 1.29 is 19.1 Å². The molecule has 1 saturated carbocycles. The van der Waals surface area contributed by atoms with Gasteiger partial charge in [-0.25, -0.2) is 0 Å². The molecule has 1 aliphatic rings. The Kier molecular flexibility index (Phi) is 10.5. The summed E-state index contributed by atoms with van der Waals surface area (Å²) in [6, 6.07) is 13.1. The van der Waals surface area contributed by atoms with Crippen LogP contribution in [0, 0.1) is 0 Å². The van der Waals surface area contributed by atoms with Gasteiger partial charge in [0.1, 0.15) is 17.5 Å². The highest BCUT2D eigenvalue weighted by Crippen LogP contribution is 2.27. The zero-order chi connectivity index (χ0) is 25.2. The van der Waals surface area contributed by atoms with Crippen LogP contribution in [0.3, 0.4) is 0 Å². The molecule has 0 radical (unpaired) electrons. The molecule has 0 unspecified atom stereocenters. The third-order valence-electron chi connectivity index (χ3n) is 6.58. The van der Waals surface area contributed by atoms with E-state index in [1.54, 1.807) is 12.0 Å². The molecule has 190 valence electrons. The number of benzene rings is 2. The molecule has 0 saturated heterocycles. The molecule has 1 fully saturated rings. The fourth-order valence-electron chi connectivity index (χ4n) is 4.54. The first-order valence-electron chi connectivity index (χ1n) is 12.6. The van der Waals surface area contributed by atoms with E-state index in [4.69, 9.17) is 9.47 Å². The van der Waals surface area contributed by atoms with Gasteiger partial charge in [-0.15, -0.1) is 0 Å². The van der Waals surface area contributed by atoms with Crippen molar-refractivity contribution in [1.82, 2.24) is 10.2 Å². The van der Waals surface area contributed by atoms with Crippen molar-refractivity contribution in [1.29, 1.82) is 0 Å². The second-order valence-corrected chi connectivity index (χ2v) is 9.90. The van der Waals surface area contributed by atoms with Crippen LogP contribution >= 0.6 is 15.9 Å². The maximum atomic E-state index is 13.5. The number of rotatable bonds is 11. The highest BCUT2D eigenvalue weighted by molar-refractivity contribution is 9.10. The number of ether oxygens (including phenoxy) is 2. The van der Waals surface area contributed by atoms with E-state index in [1.807, 2.05) is 49.4 Å². The molecule has 2 aromatic carbocycles. The number of amides is 2. The number of carbonyl (C=O) groups is 2. The zero-order valence-corrected chi connectivity index (χ0v) is 22.6. The number of aryl methyl sites for hydroxylation is 1. The number of halogens is 1. The molecular formula is C28H37BrN2O4. The van der Waals surface area contributed by atoms with Crippen molar-refractivity contribution in [2.24, 2.45) is 0 Å². The van der Waals surface area contributed by atoms with E-state index in [0.717, 1.165) is 42.1 Å². The molecule has 35 heavy (non-hydrogen) atoms. The lowest BCUT2D eigenvalue weighted by molar-refractivity contribution is -0.143. The van der Waals surface area contributed by atoms with Crippen LogP contribution in [-0.2, 0) is 22.6 Å². The van der Waals surface area contributed by atoms with E-state index in [9.17, 15) is 9.59 Å². The zero-order valence-electron chi connectivity index (χ0n) is 21.0. The van der Waals surface area contributed by atoms with Crippen molar-refractivity contribution in [2.75, 3.05) is 13.7 Å². The van der Waals surface area contributed by atoms with E-state index in [-0.39, 0.29) is 24.5 Å². The summed E-state index contributed by atoms with van der Waals surface area (Å²) in [5, 5.41) is 3.20. The summed E-state index contributed by atoms with van der Waals surface area (Å²) >= 11 is 3.54. The molecular weight excluding hydrogens is 508 g/mol. The Balaban J connectivity index is 1.78. The highest BCUT2D eigenvalue weighted by atomic mass is 79.9. The molecule has 1 N–H and O–H groups in total. The van der Waals surface area contributed by atoms with Crippen LogP contribution in [0.25, 0.3) is 0 Å². The smallest absolute Gasteiger partial charge is 0.261 e. The minimum Gasteiger partial charge on any atom is -0.497 e. The fraction of sp³-hybridized carbons (Fsp3) is 0.500. The summed E-state index contributed by atoms with van der Waals surface area (Å²) in [5.41, 5.74) is 2.08. The van der Waals surface area contributed by atoms with Crippen LogP contribution in [0.2, 0.25) is 0 Å². The topological polar surface area (TPSA) is 67.9 Å². The molecule has 0 aromatic heterocycles. The third kappa shape index (κ3) is 7.72. The standard InChI is InChI=1S/C28H37BrN2O4/c1-4-20-14-15-26(24(29)17-20)35-19-27(32)31(18-21-10-9-13-23(16-21)34-3)25(5-2)28(33)30-22-11-7-6-8-12-22/h9-10,13-17,22,25H,4-8,11-12,18-19H2,1-3H3,(H,30,33)/t25-/m0/s1. The second kappa shape index (κ2) is 13.5. The van der Waals surface area contributed by atoms with Crippen LogP contribution in [0.4, 0.5) is 0 Å². The van der Waals surface area contributed by atoms with Crippen LogP contribution in [-0.4, -0.2) is 42.5 Å². The second-order valence-electron chi connectivity index (χ2n) is 9.05. The van der Waals surface area contributed by atoms with Crippen molar-refractivity contribution in [2.45, 2.75) is 77.4 Å². The Morgan fingerprint density at radius 3 is 2.51 bits per heavy atom. The number of methoxy groups -OCH3 is 1. The van der Waals surface area contributed by atoms with E-state index in [1.165, 1.54) is 12.0 Å². The van der Waals surface area contributed by atoms with Gasteiger partial charge in [-0.3, -0.25) is 9.59 Å². The summed E-state index contributed by atoms with van der Waals surface area (Å²) in [6.45, 7) is 4.18. The van der Waals surface area contributed by atoms with Gasteiger partial charge < -0.3 is 19.7 Å². The molecule has 1 aliphatic carbocycles. The number of hydrogen-bond acceptors (Lipinski definition) is 4. The van der Waals surface area contributed by atoms with Gasteiger partial charge >= 0.3 is 0 Å². The van der Waals surface area contributed by atoms with E-state index in [2.05, 4.69) is 28.2 Å². The van der Waals surface area contributed by atoms with Gasteiger partial charge in [-0.05, 0) is 77.0 Å². The van der Waals surface area contributed by atoms with Gasteiger partial charge in [0.05, 0.1) is 11.6 Å². The molecule has 0 heterocycles. The Labute approximate surface area is 217 Å². The normalized spacial score (nSPS) is 14.7. The minimum atomic E-state index is -0.579. The predicted molar refractivity (Wildman–Crippen MR) is 142 cm³/mol. The molecule has 0 spiro atoms. The monoisotopic (exact) mass is 544 g/mol. The molecule has 0 bridgehead atoms. The van der Waals surface area contributed by atoms with E-state index in [0.29, 0.717) is 24.5 Å². The Bertz CT molecular complexity index is 991. The van der Waals surface area contributed by atoms with Gasteiger partial charge in [0.15, 0.2) is 6.61 Å². The van der Waals surface area contributed by atoms with Crippen molar-refractivity contribution >= 4 is 27.7 Å². The van der Waals surface area contributed by atoms with E-state index >= 15 is 0 Å². The Hall–Kier alpha value is -2.54.